The molecule has 0 heterocycles. The summed E-state index contributed by atoms with van der Waals surface area (Å²) < 4.78 is 0.568. The average molecular weight is 318 g/mol. The molecule has 2 aromatic carbocycles. The largest absolute Gasteiger partial charge is 0.363 e. The number of rotatable bonds is 2. The first-order valence-electron chi connectivity index (χ1n) is 6.73. The van der Waals surface area contributed by atoms with E-state index in [0.29, 0.717) is 10.9 Å². The molecule has 0 N–H and O–H groups in total. The number of hydrogen-bond donors (Lipinski definition) is 0. The van der Waals surface area contributed by atoms with E-state index in [1.54, 1.807) is 9.80 Å². The second kappa shape index (κ2) is 6.91. The van der Waals surface area contributed by atoms with Gasteiger partial charge in [0.2, 0.25) is 0 Å². The molecule has 3 nitrogen and oxygen atoms in total. The van der Waals surface area contributed by atoms with Gasteiger partial charge < -0.3 is 9.80 Å². The molecule has 2 aromatic rings. The molecule has 2 rings (SSSR count). The summed E-state index contributed by atoms with van der Waals surface area (Å²) in [6.07, 6.45) is 0. The van der Waals surface area contributed by atoms with Crippen molar-refractivity contribution in [3.63, 3.8) is 0 Å². The third-order valence-electron chi connectivity index (χ3n) is 3.13. The molecule has 0 atom stereocenters. The van der Waals surface area contributed by atoms with Crippen molar-refractivity contribution in [3.05, 3.63) is 42.5 Å². The Morgan fingerprint density at radius 2 is 1.81 bits per heavy atom. The smallest absolute Gasteiger partial charge is 0.293 e. The fourth-order valence-electron chi connectivity index (χ4n) is 2.06. The Morgan fingerprint density at radius 3 is 2.48 bits per heavy atom. The molecule has 5 heteroatoms. The first kappa shape index (κ1) is 15.8. The molecule has 21 heavy (non-hydrogen) atoms. The molecule has 0 aliphatic carbocycles. The lowest BCUT2D eigenvalue weighted by Crippen LogP contribution is -2.30. The maximum absolute atomic E-state index is 12.5. The summed E-state index contributed by atoms with van der Waals surface area (Å²) in [5.41, 5.74) is 0.926. The first-order chi connectivity index (χ1) is 10.0. The van der Waals surface area contributed by atoms with E-state index < -0.39 is 0 Å². The average Bonchev–Trinajstić information content (AvgIpc) is 2.48. The Morgan fingerprint density at radius 1 is 1.14 bits per heavy atom. The van der Waals surface area contributed by atoms with Crippen molar-refractivity contribution in [1.29, 1.82) is 0 Å². The number of fused-ring (bicyclic) bond motifs is 1. The molecule has 0 fully saturated rings. The number of benzene rings is 2. The van der Waals surface area contributed by atoms with Gasteiger partial charge in [-0.05, 0) is 18.4 Å². The van der Waals surface area contributed by atoms with Crippen LogP contribution in [0, 0.1) is 0 Å². The normalized spacial score (nSPS) is 10.4. The third-order valence-corrected chi connectivity index (χ3v) is 4.68. The van der Waals surface area contributed by atoms with E-state index in [9.17, 15) is 4.79 Å². The van der Waals surface area contributed by atoms with Crippen LogP contribution >= 0.6 is 24.0 Å². The fourth-order valence-corrected chi connectivity index (χ4v) is 2.95. The maximum Gasteiger partial charge on any atom is 0.293 e. The lowest BCUT2D eigenvalue weighted by Gasteiger charge is -2.23. The van der Waals surface area contributed by atoms with Crippen molar-refractivity contribution in [2.75, 3.05) is 25.5 Å². The van der Waals surface area contributed by atoms with Gasteiger partial charge >= 0.3 is 0 Å². The van der Waals surface area contributed by atoms with Gasteiger partial charge in [-0.25, -0.2) is 0 Å². The fraction of sp³-hybridized carbons (Fsp3) is 0.250. The summed E-state index contributed by atoms with van der Waals surface area (Å²) in [6.45, 7) is 2.58. The number of amides is 1. The summed E-state index contributed by atoms with van der Waals surface area (Å²) >= 11 is 6.30. The lowest BCUT2D eigenvalue weighted by atomic mass is 10.1. The van der Waals surface area contributed by atoms with Gasteiger partial charge in [0, 0.05) is 37.8 Å². The van der Waals surface area contributed by atoms with E-state index in [1.165, 1.54) is 0 Å². The van der Waals surface area contributed by atoms with Gasteiger partial charge in [0.1, 0.15) is 4.32 Å². The summed E-state index contributed by atoms with van der Waals surface area (Å²) in [5, 5.41) is 2.15. The van der Waals surface area contributed by atoms with Crippen LogP contribution in [0.15, 0.2) is 42.5 Å². The predicted octanol–water partition coefficient (Wildman–Crippen LogP) is 4.37. The zero-order valence-corrected chi connectivity index (χ0v) is 14.0. The zero-order valence-electron chi connectivity index (χ0n) is 12.4. The highest BCUT2D eigenvalue weighted by atomic mass is 32.2. The number of hydrogen-bond acceptors (Lipinski definition) is 3. The quantitative estimate of drug-likeness (QED) is 0.767. The highest BCUT2D eigenvalue weighted by molar-refractivity contribution is 8.32. The van der Waals surface area contributed by atoms with Gasteiger partial charge in [-0.2, -0.15) is 0 Å². The standard InChI is InChI=1S/C16H18N2OS2/c1-4-18(15(19)21-16(20)17(2)3)14-11-7-9-12-8-5-6-10-13(12)14/h5-11H,4H2,1-3H3. The number of thioether (sulfide) groups is 1. The van der Waals surface area contributed by atoms with Gasteiger partial charge in [-0.15, -0.1) is 0 Å². The van der Waals surface area contributed by atoms with Crippen molar-refractivity contribution < 1.29 is 4.79 Å². The molecule has 0 spiro atoms. The third kappa shape index (κ3) is 3.54. The summed E-state index contributed by atoms with van der Waals surface area (Å²) in [6, 6.07) is 14.1. The van der Waals surface area contributed by atoms with Gasteiger partial charge in [-0.1, -0.05) is 48.6 Å². The minimum atomic E-state index is -0.0486. The molecule has 110 valence electrons. The van der Waals surface area contributed by atoms with E-state index in [0.717, 1.165) is 28.2 Å². The topological polar surface area (TPSA) is 23.6 Å². The van der Waals surface area contributed by atoms with Crippen molar-refractivity contribution >= 4 is 50.0 Å². The Balaban J connectivity index is 2.36. The number of anilines is 1. The molecule has 0 aliphatic heterocycles. The Labute approximate surface area is 134 Å². The summed E-state index contributed by atoms with van der Waals surface area (Å²) in [7, 11) is 3.69. The molecule has 0 saturated heterocycles. The molecular weight excluding hydrogens is 300 g/mol. The van der Waals surface area contributed by atoms with E-state index in [4.69, 9.17) is 12.2 Å². The molecule has 0 aliphatic rings. The van der Waals surface area contributed by atoms with Crippen molar-refractivity contribution in [1.82, 2.24) is 4.90 Å². The number of thiocarbonyl (C=S) groups is 1. The van der Waals surface area contributed by atoms with Gasteiger partial charge in [0.25, 0.3) is 5.24 Å². The summed E-state index contributed by atoms with van der Waals surface area (Å²) in [5.74, 6) is 0. The zero-order chi connectivity index (χ0) is 15.4. The monoisotopic (exact) mass is 318 g/mol. The molecule has 0 unspecified atom stereocenters. The molecular formula is C16H18N2OS2. The molecule has 0 bridgehead atoms. The highest BCUT2D eigenvalue weighted by Crippen LogP contribution is 2.29. The van der Waals surface area contributed by atoms with E-state index in [2.05, 4.69) is 12.1 Å². The van der Waals surface area contributed by atoms with E-state index >= 15 is 0 Å². The summed E-state index contributed by atoms with van der Waals surface area (Å²) in [4.78, 5) is 16.0. The lowest BCUT2D eigenvalue weighted by molar-refractivity contribution is 0.265. The van der Waals surface area contributed by atoms with Gasteiger partial charge in [-0.3, -0.25) is 4.79 Å². The van der Waals surface area contributed by atoms with Crippen molar-refractivity contribution in [3.8, 4) is 0 Å². The van der Waals surface area contributed by atoms with Crippen LogP contribution in [0.5, 0.6) is 0 Å². The Bertz CT molecular complexity index is 665. The number of carbonyl (C=O) groups is 1. The number of nitrogens with zero attached hydrogens (tertiary/aromatic N) is 2. The minimum absolute atomic E-state index is 0.0486. The molecule has 0 saturated carbocycles. The molecule has 0 aromatic heterocycles. The Hall–Kier alpha value is -1.59. The van der Waals surface area contributed by atoms with Crippen LogP contribution in [0.2, 0.25) is 0 Å². The number of carbonyl (C=O) groups excluding carboxylic acids is 1. The highest BCUT2D eigenvalue weighted by Gasteiger charge is 2.19. The van der Waals surface area contributed by atoms with E-state index in [1.807, 2.05) is 51.4 Å². The second-order valence-corrected chi connectivity index (χ2v) is 6.36. The maximum atomic E-state index is 12.5. The van der Waals surface area contributed by atoms with Crippen LogP contribution < -0.4 is 4.90 Å². The van der Waals surface area contributed by atoms with Crippen LogP contribution in [-0.4, -0.2) is 35.1 Å². The van der Waals surface area contributed by atoms with Crippen LogP contribution in [-0.2, 0) is 0 Å². The van der Waals surface area contributed by atoms with Crippen LogP contribution in [0.25, 0.3) is 10.8 Å². The predicted molar refractivity (Wildman–Crippen MR) is 96.2 cm³/mol. The van der Waals surface area contributed by atoms with Crippen molar-refractivity contribution in [2.45, 2.75) is 6.92 Å². The second-order valence-electron chi connectivity index (χ2n) is 4.77. The molecule has 0 radical (unpaired) electrons. The van der Waals surface area contributed by atoms with Crippen LogP contribution in [0.3, 0.4) is 0 Å². The minimum Gasteiger partial charge on any atom is -0.363 e. The van der Waals surface area contributed by atoms with Gasteiger partial charge in [0.15, 0.2) is 0 Å². The first-order valence-corrected chi connectivity index (χ1v) is 7.95. The van der Waals surface area contributed by atoms with Crippen molar-refractivity contribution in [2.24, 2.45) is 0 Å². The van der Waals surface area contributed by atoms with Gasteiger partial charge in [0.05, 0.1) is 5.69 Å². The SMILES string of the molecule is CCN(C(=O)SC(=S)N(C)C)c1cccc2ccccc12. The molecule has 1 amide bonds. The Kier molecular flexibility index (Phi) is 5.20. The van der Waals surface area contributed by atoms with Crippen LogP contribution in [0.1, 0.15) is 6.92 Å². The van der Waals surface area contributed by atoms with E-state index in [-0.39, 0.29) is 5.24 Å². The van der Waals surface area contributed by atoms with Crippen LogP contribution in [0.4, 0.5) is 10.5 Å².